The summed E-state index contributed by atoms with van der Waals surface area (Å²) in [6, 6.07) is 13.6. The second-order valence-corrected chi connectivity index (χ2v) is 7.95. The van der Waals surface area contributed by atoms with Gasteiger partial charge in [-0.05, 0) is 41.8 Å². The molecule has 3 N–H and O–H groups in total. The molecule has 0 aliphatic heterocycles. The Morgan fingerprint density at radius 3 is 2.42 bits per heavy atom. The Labute approximate surface area is 160 Å². The number of nitrogens with zero attached hydrogens (tertiary/aromatic N) is 1. The summed E-state index contributed by atoms with van der Waals surface area (Å²) in [5.41, 5.74) is 7.20. The van der Waals surface area contributed by atoms with Crippen LogP contribution in [0.15, 0.2) is 53.0 Å². The summed E-state index contributed by atoms with van der Waals surface area (Å²) in [6.45, 7) is -0.381. The Hall–Kier alpha value is -1.94. The fraction of sp³-hybridized carbons (Fsp3) is 0.235. The van der Waals surface area contributed by atoms with Crippen molar-refractivity contribution in [1.82, 2.24) is 4.31 Å². The SMILES string of the molecule is NCc1ccc(OS(=O)(=O)N(CCc2cccc(Br)c2)CC(=O)O)cc1. The maximum absolute atomic E-state index is 12.5. The van der Waals surface area contributed by atoms with Crippen molar-refractivity contribution >= 4 is 32.2 Å². The highest BCUT2D eigenvalue weighted by atomic mass is 79.9. The smallest absolute Gasteiger partial charge is 0.385 e. The number of hydrogen-bond donors (Lipinski definition) is 2. The molecule has 9 heteroatoms. The Kier molecular flexibility index (Phi) is 7.15. The molecule has 0 bridgehead atoms. The van der Waals surface area contributed by atoms with Crippen LogP contribution in [-0.4, -0.2) is 36.9 Å². The highest BCUT2D eigenvalue weighted by molar-refractivity contribution is 9.10. The van der Waals surface area contributed by atoms with E-state index in [1.807, 2.05) is 24.3 Å². The van der Waals surface area contributed by atoms with Crippen LogP contribution >= 0.6 is 15.9 Å². The zero-order valence-electron chi connectivity index (χ0n) is 13.8. The van der Waals surface area contributed by atoms with Gasteiger partial charge < -0.3 is 15.0 Å². The molecule has 0 radical (unpaired) electrons. The van der Waals surface area contributed by atoms with Gasteiger partial charge in [0.15, 0.2) is 0 Å². The van der Waals surface area contributed by atoms with Crippen molar-refractivity contribution < 1.29 is 22.5 Å². The molecular weight excluding hydrogens is 424 g/mol. The molecule has 0 unspecified atom stereocenters. The molecule has 2 rings (SSSR count). The van der Waals surface area contributed by atoms with E-state index in [0.29, 0.717) is 13.0 Å². The number of carboxylic acid groups (broad SMARTS) is 1. The summed E-state index contributed by atoms with van der Waals surface area (Å²) >= 11 is 3.35. The van der Waals surface area contributed by atoms with Gasteiger partial charge in [0.1, 0.15) is 12.3 Å². The van der Waals surface area contributed by atoms with Gasteiger partial charge in [0, 0.05) is 17.6 Å². The predicted octanol–water partition coefficient (Wildman–Crippen LogP) is 2.16. The van der Waals surface area contributed by atoms with Crippen LogP contribution in [0.4, 0.5) is 0 Å². The Balaban J connectivity index is 2.13. The molecule has 0 atom stereocenters. The van der Waals surface area contributed by atoms with Crippen LogP contribution in [0.5, 0.6) is 5.75 Å². The number of carboxylic acids is 1. The molecule has 2 aromatic rings. The number of rotatable bonds is 9. The second-order valence-electron chi connectivity index (χ2n) is 5.50. The van der Waals surface area contributed by atoms with E-state index in [1.54, 1.807) is 12.1 Å². The topological polar surface area (TPSA) is 110 Å². The Bertz CT molecular complexity index is 856. The van der Waals surface area contributed by atoms with Crippen LogP contribution in [0.25, 0.3) is 0 Å². The van der Waals surface area contributed by atoms with Gasteiger partial charge in [0.2, 0.25) is 0 Å². The minimum absolute atomic E-state index is 0.0219. The van der Waals surface area contributed by atoms with E-state index < -0.39 is 22.8 Å². The van der Waals surface area contributed by atoms with Gasteiger partial charge in [-0.15, -0.1) is 0 Å². The van der Waals surface area contributed by atoms with Gasteiger partial charge in [-0.25, -0.2) is 0 Å². The van der Waals surface area contributed by atoms with E-state index in [4.69, 9.17) is 15.0 Å². The normalized spacial score (nSPS) is 11.5. The summed E-state index contributed by atoms with van der Waals surface area (Å²) in [6.07, 6.45) is 0.349. The monoisotopic (exact) mass is 442 g/mol. The molecule has 0 saturated heterocycles. The maximum atomic E-state index is 12.5. The number of aliphatic carboxylic acids is 1. The van der Waals surface area contributed by atoms with Crippen molar-refractivity contribution in [3.05, 3.63) is 64.1 Å². The lowest BCUT2D eigenvalue weighted by Crippen LogP contribution is -2.39. The molecule has 0 aromatic heterocycles. The number of carbonyl (C=O) groups is 1. The molecule has 0 spiro atoms. The number of nitrogens with two attached hydrogens (primary N) is 1. The highest BCUT2D eigenvalue weighted by Crippen LogP contribution is 2.17. The first-order valence-corrected chi connectivity index (χ1v) is 9.91. The molecule has 7 nitrogen and oxygen atoms in total. The number of halogens is 1. The van der Waals surface area contributed by atoms with Crippen LogP contribution in [0.1, 0.15) is 11.1 Å². The third-order valence-corrected chi connectivity index (χ3v) is 5.37. The van der Waals surface area contributed by atoms with E-state index >= 15 is 0 Å². The van der Waals surface area contributed by atoms with Gasteiger partial charge in [-0.2, -0.15) is 12.7 Å². The van der Waals surface area contributed by atoms with E-state index in [-0.39, 0.29) is 12.3 Å². The first kappa shape index (κ1) is 20.4. The van der Waals surface area contributed by atoms with Gasteiger partial charge >= 0.3 is 16.3 Å². The molecule has 0 aliphatic rings. The predicted molar refractivity (Wildman–Crippen MR) is 101 cm³/mol. The molecule has 0 fully saturated rings. The third kappa shape index (κ3) is 6.10. The molecule has 0 amide bonds. The zero-order chi connectivity index (χ0) is 19.2. The zero-order valence-corrected chi connectivity index (χ0v) is 16.2. The molecular formula is C17H19BrN2O5S. The quantitative estimate of drug-likeness (QED) is 0.615. The third-order valence-electron chi connectivity index (χ3n) is 3.53. The fourth-order valence-electron chi connectivity index (χ4n) is 2.22. The van der Waals surface area contributed by atoms with Crippen molar-refractivity contribution in [2.24, 2.45) is 5.73 Å². The summed E-state index contributed by atoms with van der Waals surface area (Å²) in [5.74, 6) is -1.16. The average Bonchev–Trinajstić information content (AvgIpc) is 2.58. The van der Waals surface area contributed by atoms with Gasteiger partial charge in [-0.3, -0.25) is 4.79 Å². The lowest BCUT2D eigenvalue weighted by molar-refractivity contribution is -0.137. The minimum Gasteiger partial charge on any atom is -0.480 e. The van der Waals surface area contributed by atoms with E-state index in [0.717, 1.165) is 19.9 Å². The van der Waals surface area contributed by atoms with E-state index in [1.165, 1.54) is 12.1 Å². The number of benzene rings is 2. The van der Waals surface area contributed by atoms with Crippen molar-refractivity contribution in [2.45, 2.75) is 13.0 Å². The van der Waals surface area contributed by atoms with Crippen molar-refractivity contribution in [3.63, 3.8) is 0 Å². The molecule has 140 valence electrons. The molecule has 0 saturated carbocycles. The highest BCUT2D eigenvalue weighted by Gasteiger charge is 2.26. The van der Waals surface area contributed by atoms with Crippen molar-refractivity contribution in [3.8, 4) is 5.75 Å². The van der Waals surface area contributed by atoms with Crippen molar-refractivity contribution in [1.29, 1.82) is 0 Å². The summed E-state index contributed by atoms with van der Waals surface area (Å²) in [7, 11) is -4.26. The fourth-order valence-corrected chi connectivity index (χ4v) is 3.71. The lowest BCUT2D eigenvalue weighted by Gasteiger charge is -2.20. The Morgan fingerprint density at radius 2 is 1.85 bits per heavy atom. The maximum Gasteiger partial charge on any atom is 0.385 e. The summed E-state index contributed by atoms with van der Waals surface area (Å²) in [5, 5.41) is 9.04. The number of hydrogen-bond acceptors (Lipinski definition) is 5. The van der Waals surface area contributed by atoms with Gasteiger partial charge in [-0.1, -0.05) is 40.2 Å². The van der Waals surface area contributed by atoms with Gasteiger partial charge in [0.05, 0.1) is 0 Å². The van der Waals surface area contributed by atoms with Crippen molar-refractivity contribution in [2.75, 3.05) is 13.1 Å². The van der Waals surface area contributed by atoms with Crippen LogP contribution < -0.4 is 9.92 Å². The molecule has 0 heterocycles. The summed E-state index contributed by atoms with van der Waals surface area (Å²) in [4.78, 5) is 11.1. The summed E-state index contributed by atoms with van der Waals surface area (Å²) < 4.78 is 31.7. The Morgan fingerprint density at radius 1 is 1.15 bits per heavy atom. The lowest BCUT2D eigenvalue weighted by atomic mass is 10.1. The van der Waals surface area contributed by atoms with E-state index in [2.05, 4.69) is 15.9 Å². The van der Waals surface area contributed by atoms with Crippen LogP contribution in [0, 0.1) is 0 Å². The molecule has 0 aliphatic carbocycles. The second kappa shape index (κ2) is 9.13. The van der Waals surface area contributed by atoms with Gasteiger partial charge in [0.25, 0.3) is 0 Å². The molecule has 2 aromatic carbocycles. The largest absolute Gasteiger partial charge is 0.480 e. The average molecular weight is 443 g/mol. The first-order valence-electron chi connectivity index (χ1n) is 7.75. The van der Waals surface area contributed by atoms with E-state index in [9.17, 15) is 13.2 Å². The first-order chi connectivity index (χ1) is 12.3. The minimum atomic E-state index is -4.26. The van der Waals surface area contributed by atoms with Crippen LogP contribution in [0.2, 0.25) is 0 Å². The van der Waals surface area contributed by atoms with Crippen LogP contribution in [-0.2, 0) is 28.1 Å². The van der Waals surface area contributed by atoms with Crippen LogP contribution in [0.3, 0.4) is 0 Å². The molecule has 26 heavy (non-hydrogen) atoms. The standard InChI is InChI=1S/C17H19BrN2O5S/c18-15-3-1-2-13(10-15)8-9-20(12-17(21)22)26(23,24)25-16-6-4-14(11-19)5-7-16/h1-7,10H,8-9,11-12,19H2,(H,21,22).